The Morgan fingerprint density at radius 2 is 2.20 bits per heavy atom. The Morgan fingerprint density at radius 1 is 1.40 bits per heavy atom. The van der Waals surface area contributed by atoms with E-state index in [4.69, 9.17) is 9.47 Å². The van der Waals surface area contributed by atoms with Crippen molar-refractivity contribution >= 4 is 22.0 Å². The van der Waals surface area contributed by atoms with Gasteiger partial charge in [-0.05, 0) is 18.9 Å². The van der Waals surface area contributed by atoms with E-state index >= 15 is 0 Å². The number of thiazole rings is 1. The average molecular weight is 296 g/mol. The van der Waals surface area contributed by atoms with Crippen LogP contribution in [0.4, 0.5) is 9.52 Å². The van der Waals surface area contributed by atoms with E-state index in [1.54, 1.807) is 17.4 Å². The lowest BCUT2D eigenvalue weighted by Gasteiger charge is -2.26. The van der Waals surface area contributed by atoms with Gasteiger partial charge in [0.15, 0.2) is 16.7 Å². The van der Waals surface area contributed by atoms with Crippen LogP contribution in [0.3, 0.4) is 0 Å². The minimum Gasteiger partial charge on any atom is -0.493 e. The Hall–Kier alpha value is -1.40. The molecule has 108 valence electrons. The maximum Gasteiger partial charge on any atom is 0.186 e. The van der Waals surface area contributed by atoms with Gasteiger partial charge in [-0.1, -0.05) is 0 Å². The van der Waals surface area contributed by atoms with E-state index in [0.29, 0.717) is 12.2 Å². The highest BCUT2D eigenvalue weighted by Gasteiger charge is 2.22. The molecule has 1 fully saturated rings. The summed E-state index contributed by atoms with van der Waals surface area (Å²) in [6, 6.07) is 0. The summed E-state index contributed by atoms with van der Waals surface area (Å²) < 4.78 is 24.3. The Kier molecular flexibility index (Phi) is 4.03. The molecule has 0 radical (unpaired) electrons. The normalized spacial score (nSPS) is 20.1. The number of allylic oxidation sites excluding steroid dienone is 3. The smallest absolute Gasteiger partial charge is 0.186 e. The summed E-state index contributed by atoms with van der Waals surface area (Å²) in [5, 5.41) is 2.96. The second kappa shape index (κ2) is 5.93. The highest BCUT2D eigenvalue weighted by atomic mass is 32.1. The number of aromatic nitrogens is 1. The van der Waals surface area contributed by atoms with E-state index < -0.39 is 0 Å². The van der Waals surface area contributed by atoms with Crippen LogP contribution in [0.1, 0.15) is 18.5 Å². The van der Waals surface area contributed by atoms with Crippen LogP contribution in [0, 0.1) is 0 Å². The van der Waals surface area contributed by atoms with Gasteiger partial charge in [-0.15, -0.1) is 11.3 Å². The monoisotopic (exact) mass is 296 g/mol. The Balaban J connectivity index is 1.87. The van der Waals surface area contributed by atoms with Crippen LogP contribution in [0.5, 0.6) is 0 Å². The first-order valence-corrected chi connectivity index (χ1v) is 7.59. The number of hydrogen-bond acceptors (Lipinski definition) is 5. The van der Waals surface area contributed by atoms with Crippen LogP contribution < -0.4 is 4.90 Å². The zero-order valence-corrected chi connectivity index (χ0v) is 12.2. The van der Waals surface area contributed by atoms with E-state index in [-0.39, 0.29) is 5.83 Å². The van der Waals surface area contributed by atoms with Crippen LogP contribution in [-0.2, 0) is 9.47 Å². The SMILES string of the molecule is COC1=C(c2csc(N3CCOCC3)n2)CCC=C1F. The number of rotatable bonds is 3. The predicted molar refractivity (Wildman–Crippen MR) is 77.5 cm³/mol. The van der Waals surface area contributed by atoms with E-state index in [1.165, 1.54) is 7.11 Å². The largest absolute Gasteiger partial charge is 0.493 e. The molecule has 6 heteroatoms. The van der Waals surface area contributed by atoms with E-state index in [0.717, 1.165) is 49.1 Å². The van der Waals surface area contributed by atoms with Crippen LogP contribution in [-0.4, -0.2) is 38.4 Å². The summed E-state index contributed by atoms with van der Waals surface area (Å²) in [4.78, 5) is 6.86. The van der Waals surface area contributed by atoms with E-state index in [2.05, 4.69) is 9.88 Å². The molecule has 20 heavy (non-hydrogen) atoms. The van der Waals surface area contributed by atoms with Crippen molar-refractivity contribution in [2.45, 2.75) is 12.8 Å². The second-order valence-corrected chi connectivity index (χ2v) is 5.55. The highest BCUT2D eigenvalue weighted by Crippen LogP contribution is 2.35. The Morgan fingerprint density at radius 3 is 2.95 bits per heavy atom. The van der Waals surface area contributed by atoms with Gasteiger partial charge in [0.2, 0.25) is 0 Å². The van der Waals surface area contributed by atoms with E-state index in [1.807, 2.05) is 5.38 Å². The van der Waals surface area contributed by atoms with Gasteiger partial charge in [0.25, 0.3) is 0 Å². The minimum absolute atomic E-state index is 0.283. The van der Waals surface area contributed by atoms with Gasteiger partial charge in [0.1, 0.15) is 0 Å². The molecule has 0 unspecified atom stereocenters. The molecule has 1 saturated heterocycles. The summed E-state index contributed by atoms with van der Waals surface area (Å²) in [6.45, 7) is 3.19. The van der Waals surface area contributed by atoms with Crippen molar-refractivity contribution in [2.75, 3.05) is 38.3 Å². The summed E-state index contributed by atoms with van der Waals surface area (Å²) in [5.74, 6) is 0.0461. The van der Waals surface area contributed by atoms with Crippen molar-refractivity contribution in [3.8, 4) is 0 Å². The molecule has 0 spiro atoms. The summed E-state index contributed by atoms with van der Waals surface area (Å²) in [6.07, 6.45) is 3.03. The van der Waals surface area contributed by atoms with Crippen molar-refractivity contribution in [3.63, 3.8) is 0 Å². The third kappa shape index (κ3) is 2.58. The number of nitrogens with zero attached hydrogens (tertiary/aromatic N) is 2. The summed E-state index contributed by atoms with van der Waals surface area (Å²) in [7, 11) is 1.50. The molecule has 1 aliphatic heterocycles. The second-order valence-electron chi connectivity index (χ2n) is 4.72. The van der Waals surface area contributed by atoms with Crippen molar-refractivity contribution < 1.29 is 13.9 Å². The van der Waals surface area contributed by atoms with Gasteiger partial charge < -0.3 is 14.4 Å². The quantitative estimate of drug-likeness (QED) is 0.859. The van der Waals surface area contributed by atoms with Crippen molar-refractivity contribution in [1.82, 2.24) is 4.98 Å². The molecule has 0 saturated carbocycles. The van der Waals surface area contributed by atoms with Gasteiger partial charge >= 0.3 is 0 Å². The lowest BCUT2D eigenvalue weighted by atomic mass is 10.0. The topological polar surface area (TPSA) is 34.6 Å². The predicted octanol–water partition coefficient (Wildman–Crippen LogP) is 2.98. The van der Waals surface area contributed by atoms with Crippen molar-refractivity contribution in [3.05, 3.63) is 28.7 Å². The molecule has 4 nitrogen and oxygen atoms in total. The first-order chi connectivity index (χ1) is 9.79. The lowest BCUT2D eigenvalue weighted by molar-refractivity contribution is 0.122. The fourth-order valence-corrected chi connectivity index (χ4v) is 3.36. The number of methoxy groups -OCH3 is 1. The average Bonchev–Trinajstić information content (AvgIpc) is 2.97. The molecule has 0 bridgehead atoms. The molecule has 1 aromatic heterocycles. The van der Waals surface area contributed by atoms with Crippen molar-refractivity contribution in [1.29, 1.82) is 0 Å². The fraction of sp³-hybridized carbons (Fsp3) is 0.500. The molecule has 0 N–H and O–H groups in total. The Bertz CT molecular complexity index is 547. The third-order valence-corrected chi connectivity index (χ3v) is 4.40. The van der Waals surface area contributed by atoms with Gasteiger partial charge in [-0.25, -0.2) is 9.37 Å². The van der Waals surface area contributed by atoms with Crippen LogP contribution in [0.2, 0.25) is 0 Å². The molecular formula is C14H17FN2O2S. The summed E-state index contributed by atoms with van der Waals surface area (Å²) in [5.41, 5.74) is 1.69. The Labute approximate surface area is 121 Å². The minimum atomic E-state index is -0.283. The standard InChI is InChI=1S/C14H17FN2O2S/c1-18-13-10(3-2-4-11(13)15)12-9-20-14(16-12)17-5-7-19-8-6-17/h4,9H,2-3,5-8H2,1H3. The fourth-order valence-electron chi connectivity index (χ4n) is 2.46. The van der Waals surface area contributed by atoms with E-state index in [9.17, 15) is 4.39 Å². The number of hydrogen-bond donors (Lipinski definition) is 0. The first-order valence-electron chi connectivity index (χ1n) is 6.71. The highest BCUT2D eigenvalue weighted by molar-refractivity contribution is 7.13. The first kappa shape index (κ1) is 13.6. The van der Waals surface area contributed by atoms with Crippen LogP contribution >= 0.6 is 11.3 Å². The molecule has 0 amide bonds. The zero-order chi connectivity index (χ0) is 13.9. The number of morpholine rings is 1. The summed E-state index contributed by atoms with van der Waals surface area (Å²) >= 11 is 1.59. The zero-order valence-electron chi connectivity index (χ0n) is 11.4. The van der Waals surface area contributed by atoms with Crippen LogP contribution in [0.25, 0.3) is 5.57 Å². The molecule has 1 aliphatic carbocycles. The molecule has 1 aromatic rings. The molecule has 3 rings (SSSR count). The van der Waals surface area contributed by atoms with Crippen molar-refractivity contribution in [2.24, 2.45) is 0 Å². The molecule has 0 atom stereocenters. The van der Waals surface area contributed by atoms with Gasteiger partial charge in [0.05, 0.1) is 26.0 Å². The van der Waals surface area contributed by atoms with Gasteiger partial charge in [-0.3, -0.25) is 0 Å². The van der Waals surface area contributed by atoms with Crippen LogP contribution in [0.15, 0.2) is 23.0 Å². The third-order valence-electron chi connectivity index (χ3n) is 3.50. The number of anilines is 1. The maximum atomic E-state index is 13.8. The maximum absolute atomic E-state index is 13.8. The molecule has 0 aromatic carbocycles. The molecular weight excluding hydrogens is 279 g/mol. The number of ether oxygens (including phenoxy) is 2. The molecule has 2 heterocycles. The van der Waals surface area contributed by atoms with Gasteiger partial charge in [-0.2, -0.15) is 0 Å². The van der Waals surface area contributed by atoms with Gasteiger partial charge in [0, 0.05) is 24.0 Å². The molecule has 2 aliphatic rings. The lowest BCUT2D eigenvalue weighted by Crippen LogP contribution is -2.36. The number of halogens is 1.